The van der Waals surface area contributed by atoms with E-state index in [9.17, 15) is 19.5 Å². The van der Waals surface area contributed by atoms with Gasteiger partial charge in [-0.05, 0) is 0 Å². The van der Waals surface area contributed by atoms with E-state index >= 15 is 0 Å². The smallest absolute Gasteiger partial charge is 0.303 e. The van der Waals surface area contributed by atoms with Gasteiger partial charge in [0.1, 0.15) is 12.7 Å². The first-order chi connectivity index (χ1) is 9.72. The summed E-state index contributed by atoms with van der Waals surface area (Å²) in [6, 6.07) is -1.10. The highest BCUT2D eigenvalue weighted by Crippen LogP contribution is 2.24. The van der Waals surface area contributed by atoms with Gasteiger partial charge in [0.2, 0.25) is 0 Å². The summed E-state index contributed by atoms with van der Waals surface area (Å²) in [6.45, 7) is 3.22. The monoisotopic (exact) mass is 305 g/mol. The first-order valence-corrected chi connectivity index (χ1v) is 6.29. The molecule has 1 rings (SSSR count). The van der Waals surface area contributed by atoms with Crippen molar-refractivity contribution >= 4 is 17.9 Å². The molecule has 21 heavy (non-hydrogen) atoms. The van der Waals surface area contributed by atoms with Crippen LogP contribution in [0.2, 0.25) is 0 Å². The third-order valence-corrected chi connectivity index (χ3v) is 2.77. The first-order valence-electron chi connectivity index (χ1n) is 6.29. The van der Waals surface area contributed by atoms with Crippen LogP contribution in [0.4, 0.5) is 0 Å². The standard InChI is InChI=1S/C12H19NO8/c1-5(14)18-4-8-10(19-6(2)15)11(20-7(3)16)9(13)12(17)21-8/h8-12,17H,4,13H2,1-3H3/t8?,9?,10-,11+,12+/m0/s1. The molecule has 0 aliphatic carbocycles. The fourth-order valence-corrected chi connectivity index (χ4v) is 1.95. The number of nitrogens with two attached hydrogens (primary N) is 1. The molecular formula is C12H19NO8. The molecule has 0 saturated carbocycles. The lowest BCUT2D eigenvalue weighted by Gasteiger charge is -2.41. The predicted molar refractivity (Wildman–Crippen MR) is 66.6 cm³/mol. The van der Waals surface area contributed by atoms with Gasteiger partial charge >= 0.3 is 17.9 Å². The van der Waals surface area contributed by atoms with E-state index in [-0.39, 0.29) is 6.61 Å². The molecule has 1 aliphatic rings. The Kier molecular flexibility index (Phi) is 6.06. The maximum absolute atomic E-state index is 11.2. The zero-order valence-corrected chi connectivity index (χ0v) is 12.0. The molecular weight excluding hydrogens is 286 g/mol. The normalized spacial score (nSPS) is 32.1. The lowest BCUT2D eigenvalue weighted by molar-refractivity contribution is -0.260. The van der Waals surface area contributed by atoms with Crippen molar-refractivity contribution in [3.63, 3.8) is 0 Å². The molecule has 0 amide bonds. The van der Waals surface area contributed by atoms with Gasteiger partial charge in [0.15, 0.2) is 18.5 Å². The molecule has 9 nitrogen and oxygen atoms in total. The highest BCUT2D eigenvalue weighted by Gasteiger charge is 2.48. The fourth-order valence-electron chi connectivity index (χ4n) is 1.95. The van der Waals surface area contributed by atoms with Crippen LogP contribution in [0.3, 0.4) is 0 Å². The summed E-state index contributed by atoms with van der Waals surface area (Å²) in [4.78, 5) is 33.2. The quantitative estimate of drug-likeness (QED) is 0.468. The zero-order valence-electron chi connectivity index (χ0n) is 12.0. The van der Waals surface area contributed by atoms with Gasteiger partial charge in [-0.1, -0.05) is 0 Å². The van der Waals surface area contributed by atoms with Gasteiger partial charge in [-0.25, -0.2) is 0 Å². The van der Waals surface area contributed by atoms with E-state index in [1.54, 1.807) is 0 Å². The average Bonchev–Trinajstić information content (AvgIpc) is 2.35. The molecule has 0 radical (unpaired) electrons. The van der Waals surface area contributed by atoms with E-state index in [2.05, 4.69) is 0 Å². The summed E-state index contributed by atoms with van der Waals surface area (Å²) in [5.74, 6) is -1.89. The first kappa shape index (κ1) is 17.3. The van der Waals surface area contributed by atoms with E-state index in [1.807, 2.05) is 0 Å². The van der Waals surface area contributed by atoms with Crippen molar-refractivity contribution in [1.82, 2.24) is 0 Å². The third-order valence-electron chi connectivity index (χ3n) is 2.77. The summed E-state index contributed by atoms with van der Waals surface area (Å²) in [5.41, 5.74) is 5.70. The van der Waals surface area contributed by atoms with Crippen molar-refractivity contribution in [2.24, 2.45) is 5.73 Å². The number of aliphatic hydroxyl groups excluding tert-OH is 1. The molecule has 3 N–H and O–H groups in total. The molecule has 1 heterocycles. The summed E-state index contributed by atoms with van der Waals surface area (Å²) < 4.78 is 20.0. The Labute approximate surface area is 121 Å². The van der Waals surface area contributed by atoms with E-state index in [1.165, 1.54) is 6.92 Å². The Morgan fingerprint density at radius 3 is 2.05 bits per heavy atom. The maximum atomic E-state index is 11.2. The lowest BCUT2D eigenvalue weighted by atomic mass is 9.97. The molecule has 1 saturated heterocycles. The Morgan fingerprint density at radius 1 is 1.05 bits per heavy atom. The van der Waals surface area contributed by atoms with Crippen LogP contribution in [0.25, 0.3) is 0 Å². The number of aliphatic hydroxyl groups is 1. The minimum atomic E-state index is -1.46. The molecule has 120 valence electrons. The van der Waals surface area contributed by atoms with Gasteiger partial charge in [-0.15, -0.1) is 0 Å². The fraction of sp³-hybridized carbons (Fsp3) is 0.750. The zero-order chi connectivity index (χ0) is 16.2. The van der Waals surface area contributed by atoms with E-state index < -0.39 is 48.6 Å². The molecule has 5 atom stereocenters. The molecule has 0 aromatic rings. The largest absolute Gasteiger partial charge is 0.463 e. The Morgan fingerprint density at radius 2 is 1.57 bits per heavy atom. The van der Waals surface area contributed by atoms with Crippen LogP contribution < -0.4 is 5.73 Å². The number of esters is 3. The van der Waals surface area contributed by atoms with Crippen molar-refractivity contribution in [3.05, 3.63) is 0 Å². The van der Waals surface area contributed by atoms with Gasteiger partial charge in [0, 0.05) is 20.8 Å². The average molecular weight is 305 g/mol. The van der Waals surface area contributed by atoms with E-state index in [0.717, 1.165) is 13.8 Å². The van der Waals surface area contributed by atoms with Gasteiger partial charge < -0.3 is 29.8 Å². The van der Waals surface area contributed by atoms with Crippen molar-refractivity contribution in [1.29, 1.82) is 0 Å². The number of ether oxygens (including phenoxy) is 4. The Bertz CT molecular complexity index is 412. The van der Waals surface area contributed by atoms with Crippen LogP contribution in [0.15, 0.2) is 0 Å². The maximum Gasteiger partial charge on any atom is 0.303 e. The Hall–Kier alpha value is -1.71. The summed E-state index contributed by atoms with van der Waals surface area (Å²) in [5, 5.41) is 9.73. The van der Waals surface area contributed by atoms with Crippen molar-refractivity contribution < 1.29 is 38.4 Å². The molecule has 1 fully saturated rings. The van der Waals surface area contributed by atoms with Crippen LogP contribution in [0.5, 0.6) is 0 Å². The van der Waals surface area contributed by atoms with Gasteiger partial charge in [-0.2, -0.15) is 0 Å². The van der Waals surface area contributed by atoms with Crippen molar-refractivity contribution in [3.8, 4) is 0 Å². The number of carbonyl (C=O) groups excluding carboxylic acids is 3. The number of hydrogen-bond acceptors (Lipinski definition) is 9. The van der Waals surface area contributed by atoms with E-state index in [4.69, 9.17) is 24.7 Å². The minimum Gasteiger partial charge on any atom is -0.463 e. The molecule has 0 spiro atoms. The lowest BCUT2D eigenvalue weighted by Crippen LogP contribution is -2.64. The second-order valence-corrected chi connectivity index (χ2v) is 4.59. The number of rotatable bonds is 4. The molecule has 0 aromatic heterocycles. The van der Waals surface area contributed by atoms with Crippen LogP contribution in [0, 0.1) is 0 Å². The highest BCUT2D eigenvalue weighted by molar-refractivity contribution is 5.67. The van der Waals surface area contributed by atoms with Crippen LogP contribution in [-0.2, 0) is 33.3 Å². The highest BCUT2D eigenvalue weighted by atomic mass is 16.7. The molecule has 0 bridgehead atoms. The Balaban J connectivity index is 2.94. The second kappa shape index (κ2) is 7.34. The second-order valence-electron chi connectivity index (χ2n) is 4.59. The van der Waals surface area contributed by atoms with Gasteiger partial charge in [-0.3, -0.25) is 14.4 Å². The molecule has 0 aromatic carbocycles. The van der Waals surface area contributed by atoms with Crippen LogP contribution in [0.1, 0.15) is 20.8 Å². The molecule has 1 aliphatic heterocycles. The number of carbonyl (C=O) groups is 3. The van der Waals surface area contributed by atoms with Crippen molar-refractivity contribution in [2.45, 2.75) is 51.4 Å². The van der Waals surface area contributed by atoms with E-state index in [0.29, 0.717) is 0 Å². The summed E-state index contributed by atoms with van der Waals surface area (Å²) in [7, 11) is 0. The minimum absolute atomic E-state index is 0.283. The van der Waals surface area contributed by atoms with Crippen LogP contribution in [-0.4, -0.2) is 60.3 Å². The van der Waals surface area contributed by atoms with Crippen LogP contribution >= 0.6 is 0 Å². The number of hydrogen-bond donors (Lipinski definition) is 2. The SMILES string of the molecule is CC(=O)OCC1O[C@@H](O)C(N)[C@@H](OC(C)=O)[C@H]1OC(C)=O. The van der Waals surface area contributed by atoms with Gasteiger partial charge in [0.05, 0.1) is 6.04 Å². The summed E-state index contributed by atoms with van der Waals surface area (Å²) >= 11 is 0. The molecule has 2 unspecified atom stereocenters. The van der Waals surface area contributed by atoms with Gasteiger partial charge in [0.25, 0.3) is 0 Å². The predicted octanol–water partition coefficient (Wildman–Crippen LogP) is -1.54. The summed E-state index contributed by atoms with van der Waals surface area (Å²) in [6.07, 6.45) is -4.67. The van der Waals surface area contributed by atoms with Crippen molar-refractivity contribution in [2.75, 3.05) is 6.61 Å². The third kappa shape index (κ3) is 4.96. The topological polar surface area (TPSA) is 134 Å². The molecule has 9 heteroatoms.